The summed E-state index contributed by atoms with van der Waals surface area (Å²) in [6.45, 7) is 3.23. The van der Waals surface area contributed by atoms with Crippen molar-refractivity contribution >= 4 is 17.2 Å². The van der Waals surface area contributed by atoms with Gasteiger partial charge in [0, 0.05) is 36.9 Å². The zero-order valence-corrected chi connectivity index (χ0v) is 15.4. The van der Waals surface area contributed by atoms with Gasteiger partial charge in [0.2, 0.25) is 5.95 Å². The molecule has 27 heavy (non-hydrogen) atoms. The largest absolute Gasteiger partial charge is 0.351 e. The number of allylic oxidation sites excluding steroid dienone is 1. The number of anilines is 1. The van der Waals surface area contributed by atoms with E-state index >= 15 is 0 Å². The van der Waals surface area contributed by atoms with Gasteiger partial charge in [0.25, 0.3) is 0 Å². The van der Waals surface area contributed by atoms with Crippen LogP contribution in [-0.4, -0.2) is 36.8 Å². The Morgan fingerprint density at radius 3 is 2.93 bits per heavy atom. The van der Waals surface area contributed by atoms with Crippen LogP contribution in [0.4, 0.5) is 10.3 Å². The molecule has 7 heteroatoms. The number of fused-ring (bicyclic) bond motifs is 2. The number of rotatable bonds is 5. The lowest BCUT2D eigenvalue weighted by Crippen LogP contribution is -2.25. The summed E-state index contributed by atoms with van der Waals surface area (Å²) in [6, 6.07) is 1.98. The summed E-state index contributed by atoms with van der Waals surface area (Å²) in [5.74, 6) is 1.07. The highest BCUT2D eigenvalue weighted by atomic mass is 19.1. The van der Waals surface area contributed by atoms with Gasteiger partial charge in [0.1, 0.15) is 5.67 Å². The van der Waals surface area contributed by atoms with Gasteiger partial charge < -0.3 is 5.32 Å². The molecule has 1 fully saturated rings. The Morgan fingerprint density at radius 1 is 1.30 bits per heavy atom. The fourth-order valence-corrected chi connectivity index (χ4v) is 3.44. The Balaban J connectivity index is 0.00000192. The number of alkyl halides is 1. The number of hydrogen-bond donors (Lipinski definition) is 1. The minimum atomic E-state index is -1.31. The standard InChI is InChI=1S/C20H21FN6.H2/c1-20(2,21)11-23-19-22-9-15-13(5-6-16(15)26-19)17-7-8-27-18(25-17)14(10-24-27)12-3-4-12;/h5,7-10,12H,3-4,6,11H2,1-2H3,(H,22,23,26);1H. The van der Waals surface area contributed by atoms with Crippen molar-refractivity contribution in [2.24, 2.45) is 0 Å². The maximum Gasteiger partial charge on any atom is 0.223 e. The van der Waals surface area contributed by atoms with E-state index in [1.54, 1.807) is 6.20 Å². The van der Waals surface area contributed by atoms with E-state index in [1.807, 2.05) is 23.0 Å². The lowest BCUT2D eigenvalue weighted by Gasteiger charge is -2.15. The van der Waals surface area contributed by atoms with Crippen LogP contribution < -0.4 is 5.32 Å². The van der Waals surface area contributed by atoms with Gasteiger partial charge in [0.05, 0.1) is 24.1 Å². The van der Waals surface area contributed by atoms with Gasteiger partial charge in [-0.3, -0.25) is 0 Å². The molecule has 2 aliphatic carbocycles. The highest BCUT2D eigenvalue weighted by Crippen LogP contribution is 2.41. The molecule has 0 saturated heterocycles. The molecule has 140 valence electrons. The number of halogens is 1. The Morgan fingerprint density at radius 2 is 2.15 bits per heavy atom. The number of nitrogens with zero attached hydrogens (tertiary/aromatic N) is 5. The molecule has 0 amide bonds. The lowest BCUT2D eigenvalue weighted by molar-refractivity contribution is 0.234. The van der Waals surface area contributed by atoms with Gasteiger partial charge in [-0.2, -0.15) is 5.10 Å². The summed E-state index contributed by atoms with van der Waals surface area (Å²) in [4.78, 5) is 13.8. The molecule has 0 atom stereocenters. The summed E-state index contributed by atoms with van der Waals surface area (Å²) >= 11 is 0. The van der Waals surface area contributed by atoms with Crippen LogP contribution in [0.2, 0.25) is 0 Å². The number of aromatic nitrogens is 5. The molecule has 0 radical (unpaired) electrons. The predicted octanol–water partition coefficient (Wildman–Crippen LogP) is 3.79. The second kappa shape index (κ2) is 5.84. The molecule has 2 aliphatic rings. The molecule has 0 spiro atoms. The Bertz CT molecular complexity index is 1060. The van der Waals surface area contributed by atoms with Gasteiger partial charge in [-0.15, -0.1) is 0 Å². The van der Waals surface area contributed by atoms with Crippen molar-refractivity contribution in [1.29, 1.82) is 0 Å². The second-order valence-corrected chi connectivity index (χ2v) is 7.90. The Labute approximate surface area is 158 Å². The van der Waals surface area contributed by atoms with Crippen molar-refractivity contribution in [2.45, 2.75) is 44.7 Å². The molecule has 3 heterocycles. The van der Waals surface area contributed by atoms with Crippen LogP contribution in [0.5, 0.6) is 0 Å². The number of nitrogens with one attached hydrogen (secondary N) is 1. The fraction of sp³-hybridized carbons (Fsp3) is 0.400. The van der Waals surface area contributed by atoms with E-state index in [9.17, 15) is 4.39 Å². The van der Waals surface area contributed by atoms with Crippen LogP contribution in [0, 0.1) is 0 Å². The van der Waals surface area contributed by atoms with Crippen molar-refractivity contribution in [3.63, 3.8) is 0 Å². The van der Waals surface area contributed by atoms with E-state index < -0.39 is 5.67 Å². The van der Waals surface area contributed by atoms with Gasteiger partial charge >= 0.3 is 0 Å². The molecular weight excluding hydrogens is 343 g/mol. The van der Waals surface area contributed by atoms with Crippen molar-refractivity contribution in [3.8, 4) is 0 Å². The molecule has 0 bridgehead atoms. The maximum atomic E-state index is 13.7. The van der Waals surface area contributed by atoms with Gasteiger partial charge in [-0.25, -0.2) is 23.9 Å². The van der Waals surface area contributed by atoms with E-state index in [0.29, 0.717) is 11.9 Å². The molecule has 1 N–H and O–H groups in total. The van der Waals surface area contributed by atoms with Crippen LogP contribution in [0.1, 0.15) is 56.5 Å². The van der Waals surface area contributed by atoms with E-state index in [4.69, 9.17) is 4.98 Å². The average molecular weight is 366 g/mol. The molecule has 6 nitrogen and oxygen atoms in total. The summed E-state index contributed by atoms with van der Waals surface area (Å²) < 4.78 is 15.5. The molecule has 0 unspecified atom stereocenters. The average Bonchev–Trinajstić information content (AvgIpc) is 3.26. The normalized spacial score (nSPS) is 16.5. The molecule has 3 aromatic rings. The first-order chi connectivity index (χ1) is 13.0. The molecule has 5 rings (SSSR count). The maximum absolute atomic E-state index is 13.7. The SMILES string of the molecule is CC(C)(F)CNc1ncc2c(n1)CC=C2c1ccn2ncc(C3CC3)c2n1.[HH]. The third kappa shape index (κ3) is 3.07. The van der Waals surface area contributed by atoms with Crippen LogP contribution in [0.15, 0.2) is 30.7 Å². The molecule has 0 aliphatic heterocycles. The van der Waals surface area contributed by atoms with E-state index in [2.05, 4.69) is 26.5 Å². The quantitative estimate of drug-likeness (QED) is 0.744. The van der Waals surface area contributed by atoms with Crippen molar-refractivity contribution in [1.82, 2.24) is 24.6 Å². The number of hydrogen-bond acceptors (Lipinski definition) is 5. The minimum Gasteiger partial charge on any atom is -0.351 e. The highest BCUT2D eigenvalue weighted by Gasteiger charge is 2.28. The van der Waals surface area contributed by atoms with Gasteiger partial charge in [-0.05, 0) is 38.7 Å². The van der Waals surface area contributed by atoms with Gasteiger partial charge in [-0.1, -0.05) is 6.08 Å². The van der Waals surface area contributed by atoms with Gasteiger partial charge in [0.15, 0.2) is 5.65 Å². The first kappa shape index (κ1) is 16.4. The van der Waals surface area contributed by atoms with Crippen molar-refractivity contribution in [2.75, 3.05) is 11.9 Å². The topological polar surface area (TPSA) is 68.0 Å². The zero-order valence-electron chi connectivity index (χ0n) is 15.4. The van der Waals surface area contributed by atoms with Crippen LogP contribution in [-0.2, 0) is 6.42 Å². The third-order valence-corrected chi connectivity index (χ3v) is 5.01. The summed E-state index contributed by atoms with van der Waals surface area (Å²) in [6.07, 6.45) is 11.0. The summed E-state index contributed by atoms with van der Waals surface area (Å²) in [7, 11) is 0. The monoisotopic (exact) mass is 366 g/mol. The summed E-state index contributed by atoms with van der Waals surface area (Å²) in [5, 5.41) is 7.38. The van der Waals surface area contributed by atoms with Crippen LogP contribution >= 0.6 is 0 Å². The first-order valence-corrected chi connectivity index (χ1v) is 9.32. The minimum absolute atomic E-state index is 0. The molecule has 1 saturated carbocycles. The predicted molar refractivity (Wildman–Crippen MR) is 104 cm³/mol. The van der Waals surface area contributed by atoms with E-state index in [1.165, 1.54) is 32.3 Å². The summed E-state index contributed by atoms with van der Waals surface area (Å²) in [5.41, 5.74) is 4.76. The smallest absolute Gasteiger partial charge is 0.223 e. The Kier molecular flexibility index (Phi) is 3.54. The van der Waals surface area contributed by atoms with Crippen molar-refractivity contribution in [3.05, 3.63) is 53.2 Å². The third-order valence-electron chi connectivity index (χ3n) is 5.01. The highest BCUT2D eigenvalue weighted by molar-refractivity contribution is 5.82. The lowest BCUT2D eigenvalue weighted by atomic mass is 10.1. The Hall–Kier alpha value is -2.83. The fourth-order valence-electron chi connectivity index (χ4n) is 3.44. The van der Waals surface area contributed by atoms with Crippen molar-refractivity contribution < 1.29 is 5.82 Å². The van der Waals surface area contributed by atoms with Crippen LogP contribution in [0.3, 0.4) is 0 Å². The first-order valence-electron chi connectivity index (χ1n) is 9.32. The molecule has 0 aromatic carbocycles. The van der Waals surface area contributed by atoms with E-state index in [0.717, 1.165) is 34.6 Å². The molecule has 3 aromatic heterocycles. The second-order valence-electron chi connectivity index (χ2n) is 7.90. The zero-order chi connectivity index (χ0) is 18.6. The van der Waals surface area contributed by atoms with E-state index in [-0.39, 0.29) is 7.97 Å². The molecular formula is C20H23FN6. The van der Waals surface area contributed by atoms with Crippen LogP contribution in [0.25, 0.3) is 11.2 Å².